The van der Waals surface area contributed by atoms with Gasteiger partial charge in [-0.2, -0.15) is 0 Å². The van der Waals surface area contributed by atoms with Crippen molar-refractivity contribution in [3.8, 4) is 0 Å². The van der Waals surface area contributed by atoms with E-state index in [1.54, 1.807) is 0 Å². The monoisotopic (exact) mass is 454 g/mol. The average Bonchev–Trinajstić information content (AvgIpc) is 3.18. The maximum Gasteiger partial charge on any atom is 0.325 e. The van der Waals surface area contributed by atoms with E-state index in [1.807, 2.05) is 13.8 Å². The first-order valence-electron chi connectivity index (χ1n) is 9.99. The first kappa shape index (κ1) is 26.6. The van der Waals surface area contributed by atoms with Gasteiger partial charge in [0.2, 0.25) is 17.7 Å². The number of aromatic amines is 1. The molecule has 0 fully saturated rings. The molecule has 0 radical (unpaired) electrons. The second-order valence-electron chi connectivity index (χ2n) is 7.81. The zero-order chi connectivity index (χ0) is 24.4. The third-order valence-electron chi connectivity index (χ3n) is 4.41. The van der Waals surface area contributed by atoms with Crippen LogP contribution in [0, 0.1) is 5.92 Å². The van der Waals surface area contributed by atoms with Crippen molar-refractivity contribution in [1.29, 1.82) is 0 Å². The van der Waals surface area contributed by atoms with Crippen LogP contribution in [0.15, 0.2) is 12.5 Å². The van der Waals surface area contributed by atoms with E-state index in [2.05, 4.69) is 25.9 Å². The minimum Gasteiger partial charge on any atom is -0.481 e. The molecule has 0 aliphatic rings. The van der Waals surface area contributed by atoms with Gasteiger partial charge in [-0.3, -0.25) is 24.0 Å². The largest absolute Gasteiger partial charge is 0.481 e. The van der Waals surface area contributed by atoms with Crippen LogP contribution in [0.25, 0.3) is 0 Å². The van der Waals surface area contributed by atoms with Crippen LogP contribution in [0.1, 0.15) is 39.3 Å². The number of aromatic nitrogens is 2. The zero-order valence-corrected chi connectivity index (χ0v) is 18.1. The number of nitrogens with one attached hydrogen (secondary N) is 4. The molecular weight excluding hydrogens is 424 g/mol. The van der Waals surface area contributed by atoms with E-state index >= 15 is 0 Å². The molecule has 0 aliphatic carbocycles. The molecule has 0 bridgehead atoms. The molecule has 1 aromatic heterocycles. The second kappa shape index (κ2) is 12.4. The van der Waals surface area contributed by atoms with Crippen LogP contribution in [0.3, 0.4) is 0 Å². The van der Waals surface area contributed by atoms with Gasteiger partial charge in [-0.05, 0) is 19.3 Å². The third kappa shape index (κ3) is 9.12. The van der Waals surface area contributed by atoms with Crippen LogP contribution in [-0.2, 0) is 30.4 Å². The lowest BCUT2D eigenvalue weighted by molar-refractivity contribution is -0.141. The molecule has 0 saturated heterocycles. The summed E-state index contributed by atoms with van der Waals surface area (Å²) in [6.07, 6.45) is 2.38. The molecule has 4 unspecified atom stereocenters. The molecule has 0 aliphatic heterocycles. The van der Waals surface area contributed by atoms with Gasteiger partial charge >= 0.3 is 11.9 Å². The van der Waals surface area contributed by atoms with Gasteiger partial charge in [0.1, 0.15) is 18.1 Å². The predicted octanol–water partition coefficient (Wildman–Crippen LogP) is -1.64. The number of rotatable bonds is 13. The standard InChI is InChI=1S/C19H30N6O7/c1-9(2)4-13(17(29)23-10(3)19(31)32)25-18(30)14(5-11-7-21-8-22-11)24-16(28)12(20)6-15(26)27/h7-10,12-14H,4-6,20H2,1-3H3,(H,21,22)(H,23,29)(H,24,28)(H,25,30)(H,26,27)(H,31,32). The number of amides is 3. The molecule has 178 valence electrons. The summed E-state index contributed by atoms with van der Waals surface area (Å²) in [6, 6.07) is -4.79. The Morgan fingerprint density at radius 2 is 1.59 bits per heavy atom. The summed E-state index contributed by atoms with van der Waals surface area (Å²) in [5, 5.41) is 25.1. The van der Waals surface area contributed by atoms with Gasteiger partial charge < -0.3 is 36.9 Å². The number of hydrogen-bond acceptors (Lipinski definition) is 7. The van der Waals surface area contributed by atoms with E-state index in [0.717, 1.165) is 0 Å². The molecule has 1 rings (SSSR count). The Bertz CT molecular complexity index is 811. The SMILES string of the molecule is CC(C)CC(NC(=O)C(Cc1cnc[nH]1)NC(=O)C(N)CC(=O)O)C(=O)NC(C)C(=O)O. The fourth-order valence-corrected chi connectivity index (χ4v) is 2.74. The molecule has 0 aromatic carbocycles. The number of aliphatic carboxylic acids is 2. The summed E-state index contributed by atoms with van der Waals surface area (Å²) in [5.41, 5.74) is 6.08. The highest BCUT2D eigenvalue weighted by atomic mass is 16.4. The molecule has 32 heavy (non-hydrogen) atoms. The number of imidazole rings is 1. The molecular formula is C19H30N6O7. The lowest BCUT2D eigenvalue weighted by atomic mass is 10.0. The van der Waals surface area contributed by atoms with Crippen molar-refractivity contribution in [1.82, 2.24) is 25.9 Å². The van der Waals surface area contributed by atoms with Gasteiger partial charge in [-0.15, -0.1) is 0 Å². The number of nitrogens with two attached hydrogens (primary N) is 1. The molecule has 13 heteroatoms. The quantitative estimate of drug-likeness (QED) is 0.181. The Labute approximate surface area is 184 Å². The Hall–Kier alpha value is -3.48. The minimum atomic E-state index is -1.38. The molecule has 4 atom stereocenters. The lowest BCUT2D eigenvalue weighted by Gasteiger charge is -2.25. The number of hydrogen-bond donors (Lipinski definition) is 7. The summed E-state index contributed by atoms with van der Waals surface area (Å²) in [6.45, 7) is 4.93. The van der Waals surface area contributed by atoms with Gasteiger partial charge in [-0.1, -0.05) is 13.8 Å². The topological polar surface area (TPSA) is 217 Å². The number of carboxylic acid groups (broad SMARTS) is 2. The fourth-order valence-electron chi connectivity index (χ4n) is 2.74. The first-order valence-corrected chi connectivity index (χ1v) is 9.99. The van der Waals surface area contributed by atoms with Gasteiger partial charge in [-0.25, -0.2) is 4.98 Å². The van der Waals surface area contributed by atoms with E-state index in [9.17, 15) is 24.0 Å². The van der Waals surface area contributed by atoms with E-state index in [1.165, 1.54) is 19.4 Å². The van der Waals surface area contributed by atoms with Crippen molar-refractivity contribution in [3.63, 3.8) is 0 Å². The molecule has 1 aromatic rings. The summed E-state index contributed by atoms with van der Waals surface area (Å²) >= 11 is 0. The maximum absolute atomic E-state index is 13.0. The van der Waals surface area contributed by atoms with Gasteiger partial charge in [0.25, 0.3) is 0 Å². The van der Waals surface area contributed by atoms with Crippen LogP contribution >= 0.6 is 0 Å². The van der Waals surface area contributed by atoms with Crippen molar-refractivity contribution in [2.45, 2.75) is 64.2 Å². The van der Waals surface area contributed by atoms with Crippen LogP contribution in [-0.4, -0.2) is 74.0 Å². The maximum atomic E-state index is 13.0. The van der Waals surface area contributed by atoms with Gasteiger partial charge in [0.15, 0.2) is 0 Å². The highest BCUT2D eigenvalue weighted by molar-refractivity contribution is 5.94. The summed E-state index contributed by atoms with van der Waals surface area (Å²) in [7, 11) is 0. The number of carboxylic acids is 2. The van der Waals surface area contributed by atoms with E-state index in [-0.39, 0.29) is 18.8 Å². The highest BCUT2D eigenvalue weighted by Crippen LogP contribution is 2.08. The van der Waals surface area contributed by atoms with E-state index in [0.29, 0.717) is 5.69 Å². The normalized spacial score (nSPS) is 14.7. The molecule has 0 saturated carbocycles. The number of nitrogens with zero attached hydrogens (tertiary/aromatic N) is 1. The first-order chi connectivity index (χ1) is 14.9. The number of carbonyl (C=O) groups is 5. The average molecular weight is 454 g/mol. The third-order valence-corrected chi connectivity index (χ3v) is 4.41. The van der Waals surface area contributed by atoms with E-state index < -0.39 is 60.2 Å². The van der Waals surface area contributed by atoms with Gasteiger partial charge in [0.05, 0.1) is 18.8 Å². The van der Waals surface area contributed by atoms with Crippen molar-refractivity contribution < 1.29 is 34.2 Å². The Kier molecular flexibility index (Phi) is 10.3. The smallest absolute Gasteiger partial charge is 0.325 e. The van der Waals surface area contributed by atoms with Crippen LogP contribution in [0.4, 0.5) is 0 Å². The van der Waals surface area contributed by atoms with Crippen molar-refractivity contribution >= 4 is 29.7 Å². The van der Waals surface area contributed by atoms with Crippen LogP contribution < -0.4 is 21.7 Å². The molecule has 3 amide bonds. The second-order valence-corrected chi connectivity index (χ2v) is 7.81. The number of carbonyl (C=O) groups excluding carboxylic acids is 3. The Morgan fingerprint density at radius 3 is 2.09 bits per heavy atom. The molecule has 0 spiro atoms. The van der Waals surface area contributed by atoms with Crippen molar-refractivity contribution in [2.24, 2.45) is 11.7 Å². The van der Waals surface area contributed by atoms with Crippen molar-refractivity contribution in [3.05, 3.63) is 18.2 Å². The fraction of sp³-hybridized carbons (Fsp3) is 0.579. The molecule has 1 heterocycles. The minimum absolute atomic E-state index is 0.0178. The van der Waals surface area contributed by atoms with E-state index in [4.69, 9.17) is 15.9 Å². The Balaban J connectivity index is 3.00. The predicted molar refractivity (Wildman–Crippen MR) is 111 cm³/mol. The van der Waals surface area contributed by atoms with Crippen LogP contribution in [0.2, 0.25) is 0 Å². The lowest BCUT2D eigenvalue weighted by Crippen LogP contribution is -2.57. The van der Waals surface area contributed by atoms with Crippen LogP contribution in [0.5, 0.6) is 0 Å². The Morgan fingerprint density at radius 1 is 1.00 bits per heavy atom. The van der Waals surface area contributed by atoms with Gasteiger partial charge in [0, 0.05) is 18.3 Å². The summed E-state index contributed by atoms with van der Waals surface area (Å²) < 4.78 is 0. The molecule has 13 nitrogen and oxygen atoms in total. The number of H-pyrrole nitrogens is 1. The summed E-state index contributed by atoms with van der Waals surface area (Å²) in [4.78, 5) is 66.3. The zero-order valence-electron chi connectivity index (χ0n) is 18.1. The summed E-state index contributed by atoms with van der Waals surface area (Å²) in [5.74, 6) is -4.78. The highest BCUT2D eigenvalue weighted by Gasteiger charge is 2.30. The van der Waals surface area contributed by atoms with Crippen molar-refractivity contribution in [2.75, 3.05) is 0 Å². The molecule has 8 N–H and O–H groups in total.